The van der Waals surface area contributed by atoms with E-state index in [1.165, 1.54) is 18.4 Å². The lowest BCUT2D eigenvalue weighted by molar-refractivity contribution is -0.128. The highest BCUT2D eigenvalue weighted by molar-refractivity contribution is 5.89. The number of fused-ring (bicyclic) bond motifs is 1. The molecule has 3 aliphatic rings. The van der Waals surface area contributed by atoms with Crippen molar-refractivity contribution >= 4 is 17.6 Å². The average Bonchev–Trinajstić information content (AvgIpc) is 2.92. The summed E-state index contributed by atoms with van der Waals surface area (Å²) < 4.78 is 0. The number of amides is 2. The molecule has 0 saturated carbocycles. The maximum absolute atomic E-state index is 12.2. The van der Waals surface area contributed by atoms with Crippen LogP contribution in [0.4, 0.5) is 5.82 Å². The lowest BCUT2D eigenvalue weighted by Crippen LogP contribution is -2.52. The van der Waals surface area contributed by atoms with Crippen LogP contribution in [0, 0.1) is 11.8 Å². The van der Waals surface area contributed by atoms with Gasteiger partial charge in [-0.1, -0.05) is 0 Å². The van der Waals surface area contributed by atoms with E-state index in [9.17, 15) is 9.59 Å². The minimum Gasteiger partial charge on any atom is -0.355 e. The van der Waals surface area contributed by atoms with E-state index in [0.717, 1.165) is 37.4 Å². The van der Waals surface area contributed by atoms with Gasteiger partial charge < -0.3 is 15.1 Å². The summed E-state index contributed by atoms with van der Waals surface area (Å²) >= 11 is 0. The summed E-state index contributed by atoms with van der Waals surface area (Å²) in [5.41, 5.74) is 2.51. The Morgan fingerprint density at radius 3 is 2.80 bits per heavy atom. The minimum atomic E-state index is -0.194. The number of nitrogens with one attached hydrogen (secondary N) is 1. The van der Waals surface area contributed by atoms with Gasteiger partial charge in [0, 0.05) is 45.6 Å². The summed E-state index contributed by atoms with van der Waals surface area (Å²) in [7, 11) is 1.75. The fraction of sp³-hybridized carbons (Fsp3) is 0.667. The summed E-state index contributed by atoms with van der Waals surface area (Å²) in [4.78, 5) is 27.5. The fourth-order valence-electron chi connectivity index (χ4n) is 3.95. The molecule has 2 amide bonds. The van der Waals surface area contributed by atoms with Gasteiger partial charge in [0.05, 0.1) is 11.6 Å². The summed E-state index contributed by atoms with van der Waals surface area (Å²) in [6.07, 6.45) is 4.96. The van der Waals surface area contributed by atoms with Crippen LogP contribution in [0.2, 0.25) is 0 Å². The molecule has 1 atom stereocenters. The molecular formula is C18H25N5O2. The van der Waals surface area contributed by atoms with Crippen molar-refractivity contribution in [3.63, 3.8) is 0 Å². The number of carbonyl (C=O) groups is 2. The lowest BCUT2D eigenvalue weighted by Gasteiger charge is -2.40. The summed E-state index contributed by atoms with van der Waals surface area (Å²) in [5, 5.41) is 11.8. The van der Waals surface area contributed by atoms with E-state index in [0.29, 0.717) is 25.4 Å². The van der Waals surface area contributed by atoms with Crippen LogP contribution < -0.4 is 10.2 Å². The van der Waals surface area contributed by atoms with Crippen LogP contribution in [0.1, 0.15) is 30.5 Å². The third kappa shape index (κ3) is 3.32. The van der Waals surface area contributed by atoms with Gasteiger partial charge in [-0.2, -0.15) is 5.10 Å². The van der Waals surface area contributed by atoms with Gasteiger partial charge in [0.2, 0.25) is 11.8 Å². The van der Waals surface area contributed by atoms with E-state index in [4.69, 9.17) is 0 Å². The SMILES string of the molecule is CN1CC(C(=O)NCC2CN(c3cc4c(nn3)CCCC4)C2)CC1=O. The Hall–Kier alpha value is -2.18. The van der Waals surface area contributed by atoms with Crippen LogP contribution in [0.5, 0.6) is 0 Å². The molecule has 1 aromatic rings. The molecule has 0 aromatic carbocycles. The van der Waals surface area contributed by atoms with Crippen molar-refractivity contribution in [1.82, 2.24) is 20.4 Å². The van der Waals surface area contributed by atoms with E-state index in [1.807, 2.05) is 0 Å². The van der Waals surface area contributed by atoms with Gasteiger partial charge in [-0.05, 0) is 37.3 Å². The van der Waals surface area contributed by atoms with Crippen LogP contribution in [0.15, 0.2) is 6.07 Å². The number of hydrogen-bond donors (Lipinski definition) is 1. The first-order chi connectivity index (χ1) is 12.1. The predicted octanol–water partition coefficient (Wildman–Crippen LogP) is 0.386. The van der Waals surface area contributed by atoms with Gasteiger partial charge in [-0.15, -0.1) is 5.10 Å². The third-order valence-electron chi connectivity index (χ3n) is 5.61. The largest absolute Gasteiger partial charge is 0.355 e. The molecule has 0 bridgehead atoms. The standard InChI is InChI=1S/C18H25N5O2/c1-22-11-14(7-17(22)24)18(25)19-8-12-9-23(10-12)16-6-13-4-2-3-5-15(13)20-21-16/h6,12,14H,2-5,7-11H2,1H3,(H,19,25). The third-order valence-corrected chi connectivity index (χ3v) is 5.61. The average molecular weight is 343 g/mol. The molecule has 0 radical (unpaired) electrons. The minimum absolute atomic E-state index is 0.00437. The molecule has 25 heavy (non-hydrogen) atoms. The molecular weight excluding hydrogens is 318 g/mol. The van der Waals surface area contributed by atoms with Crippen molar-refractivity contribution < 1.29 is 9.59 Å². The molecule has 2 fully saturated rings. The lowest BCUT2D eigenvalue weighted by atomic mass is 9.95. The number of likely N-dealkylation sites (tertiary alicyclic amines) is 1. The van der Waals surface area contributed by atoms with E-state index in [-0.39, 0.29) is 17.7 Å². The van der Waals surface area contributed by atoms with Crippen molar-refractivity contribution in [2.45, 2.75) is 32.1 Å². The number of carbonyl (C=O) groups excluding carboxylic acids is 2. The second-order valence-corrected chi connectivity index (χ2v) is 7.57. The topological polar surface area (TPSA) is 78.4 Å². The summed E-state index contributed by atoms with van der Waals surface area (Å²) in [6.45, 7) is 3.00. The van der Waals surface area contributed by atoms with E-state index in [1.54, 1.807) is 11.9 Å². The number of aryl methyl sites for hydroxylation is 2. The van der Waals surface area contributed by atoms with Crippen molar-refractivity contribution in [2.24, 2.45) is 11.8 Å². The highest BCUT2D eigenvalue weighted by Crippen LogP contribution is 2.26. The molecule has 1 N–H and O–H groups in total. The summed E-state index contributed by atoms with van der Waals surface area (Å²) in [5.74, 6) is 1.27. The normalized spacial score (nSPS) is 23.4. The van der Waals surface area contributed by atoms with Gasteiger partial charge in [-0.3, -0.25) is 9.59 Å². The Balaban J connectivity index is 1.24. The Labute approximate surface area is 147 Å². The monoisotopic (exact) mass is 343 g/mol. The second kappa shape index (κ2) is 6.61. The molecule has 3 heterocycles. The van der Waals surface area contributed by atoms with Crippen molar-refractivity contribution in [2.75, 3.05) is 38.1 Å². The molecule has 0 spiro atoms. The van der Waals surface area contributed by atoms with Crippen LogP contribution in [0.25, 0.3) is 0 Å². The molecule has 4 rings (SSSR count). The molecule has 7 nitrogen and oxygen atoms in total. The molecule has 2 aliphatic heterocycles. The maximum Gasteiger partial charge on any atom is 0.225 e. The van der Waals surface area contributed by atoms with Gasteiger partial charge in [0.1, 0.15) is 0 Å². The predicted molar refractivity (Wildman–Crippen MR) is 93.1 cm³/mol. The molecule has 1 aromatic heterocycles. The van der Waals surface area contributed by atoms with Gasteiger partial charge >= 0.3 is 0 Å². The first-order valence-electron chi connectivity index (χ1n) is 9.22. The maximum atomic E-state index is 12.2. The Kier molecular flexibility index (Phi) is 4.31. The van der Waals surface area contributed by atoms with Crippen LogP contribution in [-0.2, 0) is 22.4 Å². The number of aromatic nitrogens is 2. The number of hydrogen-bond acceptors (Lipinski definition) is 5. The Morgan fingerprint density at radius 1 is 1.24 bits per heavy atom. The Bertz CT molecular complexity index is 686. The van der Waals surface area contributed by atoms with Crippen molar-refractivity contribution in [3.05, 3.63) is 17.3 Å². The van der Waals surface area contributed by atoms with E-state index < -0.39 is 0 Å². The first-order valence-corrected chi connectivity index (χ1v) is 9.22. The summed E-state index contributed by atoms with van der Waals surface area (Å²) in [6, 6.07) is 2.19. The fourth-order valence-corrected chi connectivity index (χ4v) is 3.95. The molecule has 1 aliphatic carbocycles. The number of nitrogens with zero attached hydrogens (tertiary/aromatic N) is 4. The van der Waals surface area contributed by atoms with Crippen LogP contribution in [-0.4, -0.2) is 60.1 Å². The van der Waals surface area contributed by atoms with Crippen molar-refractivity contribution in [3.8, 4) is 0 Å². The first kappa shape index (κ1) is 16.3. The number of rotatable bonds is 4. The van der Waals surface area contributed by atoms with Gasteiger partial charge in [-0.25, -0.2) is 0 Å². The zero-order chi connectivity index (χ0) is 17.4. The molecule has 1 unspecified atom stereocenters. The number of anilines is 1. The highest BCUT2D eigenvalue weighted by Gasteiger charge is 2.34. The van der Waals surface area contributed by atoms with Crippen molar-refractivity contribution in [1.29, 1.82) is 0 Å². The second-order valence-electron chi connectivity index (χ2n) is 7.57. The quantitative estimate of drug-likeness (QED) is 0.855. The highest BCUT2D eigenvalue weighted by atomic mass is 16.2. The van der Waals surface area contributed by atoms with Crippen LogP contribution >= 0.6 is 0 Å². The molecule has 134 valence electrons. The van der Waals surface area contributed by atoms with Gasteiger partial charge in [0.25, 0.3) is 0 Å². The van der Waals surface area contributed by atoms with E-state index >= 15 is 0 Å². The smallest absolute Gasteiger partial charge is 0.225 e. The van der Waals surface area contributed by atoms with E-state index in [2.05, 4.69) is 26.5 Å². The van der Waals surface area contributed by atoms with Crippen LogP contribution in [0.3, 0.4) is 0 Å². The zero-order valence-electron chi connectivity index (χ0n) is 14.7. The molecule has 7 heteroatoms. The molecule has 2 saturated heterocycles. The Morgan fingerprint density at radius 2 is 2.04 bits per heavy atom. The zero-order valence-corrected chi connectivity index (χ0v) is 14.7. The van der Waals surface area contributed by atoms with Gasteiger partial charge in [0.15, 0.2) is 5.82 Å².